The average molecular weight is 481 g/mol. The number of carbonyl (C=O) groups is 1. The van der Waals surface area contributed by atoms with Gasteiger partial charge in [0.25, 0.3) is 0 Å². The third-order valence-electron chi connectivity index (χ3n) is 7.97. The Bertz CT molecular complexity index is 1090. The van der Waals surface area contributed by atoms with E-state index >= 15 is 0 Å². The SMILES string of the molecule is CCOC1CC[C@@H](C(=O)N2Cc3cccnc3Nc3ccc(N4C[C@@H]5CC[C@H]4CO5)cc32)C[C@@H]1F. The van der Waals surface area contributed by atoms with Crippen molar-refractivity contribution in [3.63, 3.8) is 0 Å². The highest BCUT2D eigenvalue weighted by Crippen LogP contribution is 2.41. The van der Waals surface area contributed by atoms with Crippen LogP contribution in [-0.4, -0.2) is 55.1 Å². The van der Waals surface area contributed by atoms with Gasteiger partial charge >= 0.3 is 0 Å². The van der Waals surface area contributed by atoms with E-state index in [0.29, 0.717) is 32.0 Å². The monoisotopic (exact) mass is 480 g/mol. The quantitative estimate of drug-likeness (QED) is 0.691. The molecule has 1 aliphatic carbocycles. The topological polar surface area (TPSA) is 66.9 Å². The fourth-order valence-electron chi connectivity index (χ4n) is 6.09. The maximum Gasteiger partial charge on any atom is 0.230 e. The van der Waals surface area contributed by atoms with E-state index in [-0.39, 0.29) is 24.3 Å². The number of anilines is 4. The van der Waals surface area contributed by atoms with Gasteiger partial charge in [0, 0.05) is 36.5 Å². The van der Waals surface area contributed by atoms with E-state index in [0.717, 1.165) is 54.4 Å². The number of fused-ring (bicyclic) bond motifs is 5. The molecular weight excluding hydrogens is 447 g/mol. The van der Waals surface area contributed by atoms with Crippen LogP contribution in [0.4, 0.5) is 27.3 Å². The van der Waals surface area contributed by atoms with E-state index in [1.54, 1.807) is 6.20 Å². The van der Waals surface area contributed by atoms with Gasteiger partial charge in [-0.15, -0.1) is 0 Å². The number of ether oxygens (including phenoxy) is 2. The van der Waals surface area contributed by atoms with Crippen molar-refractivity contribution in [3.8, 4) is 0 Å². The van der Waals surface area contributed by atoms with Crippen LogP contribution in [0.25, 0.3) is 0 Å². The first kappa shape index (κ1) is 22.7. The van der Waals surface area contributed by atoms with Crippen LogP contribution in [0.1, 0.15) is 44.6 Å². The first-order chi connectivity index (χ1) is 17.1. The van der Waals surface area contributed by atoms with Crippen LogP contribution < -0.4 is 15.1 Å². The smallest absolute Gasteiger partial charge is 0.230 e. The molecule has 186 valence electrons. The third-order valence-corrected chi connectivity index (χ3v) is 7.97. The number of benzene rings is 1. The minimum Gasteiger partial charge on any atom is -0.375 e. The summed E-state index contributed by atoms with van der Waals surface area (Å²) in [7, 11) is 0. The summed E-state index contributed by atoms with van der Waals surface area (Å²) in [4.78, 5) is 22.7. The van der Waals surface area contributed by atoms with Crippen LogP contribution in [-0.2, 0) is 20.8 Å². The molecule has 1 aromatic carbocycles. The average Bonchev–Trinajstić information content (AvgIpc) is 3.06. The zero-order valence-electron chi connectivity index (χ0n) is 20.2. The van der Waals surface area contributed by atoms with Crippen LogP contribution in [0.5, 0.6) is 0 Å². The molecule has 0 radical (unpaired) electrons. The Kier molecular flexibility index (Phi) is 6.10. The second kappa shape index (κ2) is 9.39. The number of nitrogens with one attached hydrogen (secondary N) is 1. The van der Waals surface area contributed by atoms with Crippen LogP contribution >= 0.6 is 0 Å². The molecule has 1 N–H and O–H groups in total. The first-order valence-corrected chi connectivity index (χ1v) is 12.9. The zero-order valence-corrected chi connectivity index (χ0v) is 20.2. The molecule has 7 nitrogen and oxygen atoms in total. The number of nitrogens with zero attached hydrogens (tertiary/aromatic N) is 3. The van der Waals surface area contributed by atoms with E-state index in [9.17, 15) is 9.18 Å². The number of hydrogen-bond acceptors (Lipinski definition) is 6. The van der Waals surface area contributed by atoms with Crippen molar-refractivity contribution in [1.29, 1.82) is 0 Å². The molecule has 0 spiro atoms. The van der Waals surface area contributed by atoms with Gasteiger partial charge < -0.3 is 24.6 Å². The van der Waals surface area contributed by atoms with E-state index in [2.05, 4.69) is 27.3 Å². The summed E-state index contributed by atoms with van der Waals surface area (Å²) in [6, 6.07) is 10.5. The van der Waals surface area contributed by atoms with Crippen molar-refractivity contribution in [2.24, 2.45) is 5.92 Å². The Hall–Kier alpha value is -2.71. The van der Waals surface area contributed by atoms with Crippen molar-refractivity contribution in [2.45, 2.75) is 70.0 Å². The summed E-state index contributed by atoms with van der Waals surface area (Å²) in [5.74, 6) is 0.365. The van der Waals surface area contributed by atoms with Gasteiger partial charge in [-0.25, -0.2) is 9.37 Å². The molecular formula is C27H33FN4O3. The molecule has 1 saturated carbocycles. The molecule has 5 aliphatic rings. The van der Waals surface area contributed by atoms with Gasteiger partial charge in [-0.3, -0.25) is 4.79 Å². The number of amides is 1. The Morgan fingerprint density at radius 1 is 1.26 bits per heavy atom. The predicted molar refractivity (Wildman–Crippen MR) is 133 cm³/mol. The lowest BCUT2D eigenvalue weighted by Crippen LogP contribution is -2.54. The highest BCUT2D eigenvalue weighted by molar-refractivity contribution is 6.00. The molecule has 4 aliphatic heterocycles. The van der Waals surface area contributed by atoms with Crippen molar-refractivity contribution in [1.82, 2.24) is 4.98 Å². The van der Waals surface area contributed by atoms with Gasteiger partial charge in [0.15, 0.2) is 0 Å². The predicted octanol–water partition coefficient (Wildman–Crippen LogP) is 4.58. The Labute approximate surface area is 205 Å². The van der Waals surface area contributed by atoms with Crippen molar-refractivity contribution < 1.29 is 18.7 Å². The fraction of sp³-hybridized carbons (Fsp3) is 0.556. The van der Waals surface area contributed by atoms with Crippen LogP contribution in [0, 0.1) is 5.92 Å². The molecule has 8 heteroatoms. The van der Waals surface area contributed by atoms with E-state index in [1.807, 2.05) is 30.0 Å². The molecule has 1 unspecified atom stereocenters. The zero-order chi connectivity index (χ0) is 23.9. The maximum absolute atomic E-state index is 14.9. The minimum absolute atomic E-state index is 0.0250. The van der Waals surface area contributed by atoms with Crippen LogP contribution in [0.3, 0.4) is 0 Å². The lowest BCUT2D eigenvalue weighted by atomic mass is 9.85. The number of carbonyl (C=O) groups excluding carboxylic acids is 1. The molecule has 35 heavy (non-hydrogen) atoms. The van der Waals surface area contributed by atoms with Crippen molar-refractivity contribution in [2.75, 3.05) is 34.9 Å². The number of halogens is 1. The molecule has 1 aromatic heterocycles. The summed E-state index contributed by atoms with van der Waals surface area (Å²) in [5, 5.41) is 3.45. The summed E-state index contributed by atoms with van der Waals surface area (Å²) in [6.45, 7) is 4.40. The summed E-state index contributed by atoms with van der Waals surface area (Å²) in [6.07, 6.45) is 4.13. The van der Waals surface area contributed by atoms with Crippen molar-refractivity contribution >= 4 is 28.8 Å². The fourth-order valence-corrected chi connectivity index (χ4v) is 6.09. The summed E-state index contributed by atoms with van der Waals surface area (Å²) < 4.78 is 26.4. The summed E-state index contributed by atoms with van der Waals surface area (Å²) in [5.41, 5.74) is 3.72. The number of aromatic nitrogens is 1. The van der Waals surface area contributed by atoms with Crippen molar-refractivity contribution in [3.05, 3.63) is 42.1 Å². The van der Waals surface area contributed by atoms with Gasteiger partial charge in [0.05, 0.1) is 42.8 Å². The Morgan fingerprint density at radius 2 is 2.17 bits per heavy atom. The van der Waals surface area contributed by atoms with Crippen LogP contribution in [0.15, 0.2) is 36.5 Å². The van der Waals surface area contributed by atoms with E-state index < -0.39 is 12.3 Å². The molecule has 5 atom stereocenters. The largest absolute Gasteiger partial charge is 0.375 e. The number of piperidine rings is 1. The maximum atomic E-state index is 14.9. The molecule has 5 heterocycles. The van der Waals surface area contributed by atoms with Gasteiger partial charge in [0.1, 0.15) is 12.0 Å². The van der Waals surface area contributed by atoms with E-state index in [4.69, 9.17) is 9.47 Å². The van der Waals surface area contributed by atoms with Gasteiger partial charge in [-0.1, -0.05) is 6.07 Å². The molecule has 2 aromatic rings. The molecule has 7 rings (SSSR count). The number of rotatable bonds is 4. The number of morpholine rings is 1. The van der Waals surface area contributed by atoms with Gasteiger partial charge in [-0.2, -0.15) is 0 Å². The number of hydrogen-bond donors (Lipinski definition) is 1. The van der Waals surface area contributed by atoms with E-state index in [1.165, 1.54) is 0 Å². The van der Waals surface area contributed by atoms with Gasteiger partial charge in [-0.05, 0) is 63.3 Å². The Balaban J connectivity index is 1.33. The molecule has 2 bridgehead atoms. The molecule has 3 saturated heterocycles. The first-order valence-electron chi connectivity index (χ1n) is 12.9. The second-order valence-electron chi connectivity index (χ2n) is 10.1. The molecule has 4 fully saturated rings. The summed E-state index contributed by atoms with van der Waals surface area (Å²) >= 11 is 0. The normalized spacial score (nSPS) is 29.7. The lowest BCUT2D eigenvalue weighted by Gasteiger charge is -2.46. The second-order valence-corrected chi connectivity index (χ2v) is 10.1. The van der Waals surface area contributed by atoms with Gasteiger partial charge in [0.2, 0.25) is 5.91 Å². The number of alkyl halides is 1. The lowest BCUT2D eigenvalue weighted by molar-refractivity contribution is -0.126. The Morgan fingerprint density at radius 3 is 2.91 bits per heavy atom. The van der Waals surface area contributed by atoms with Crippen LogP contribution in [0.2, 0.25) is 0 Å². The minimum atomic E-state index is -1.12. The number of pyridine rings is 1. The highest BCUT2D eigenvalue weighted by atomic mass is 19.1. The highest BCUT2D eigenvalue weighted by Gasteiger charge is 2.39. The standard InChI is InChI=1S/C27H33FN4O3/c1-2-34-25-10-5-17(12-22(25)28)27(33)32-14-18-4-3-11-29-26(18)30-23-9-7-19(13-24(23)32)31-15-21-8-6-20(31)16-35-21/h3-4,7,9,11,13,17,20-22,25H,2,5-6,8,10,12,14-16H2,1H3,(H,29,30)/t17-,20+,21+,22+,25?/m1/s1. The molecule has 1 amide bonds. The third kappa shape index (κ3) is 4.27.